The zero-order valence-electron chi connectivity index (χ0n) is 13.1. The molecule has 5 nitrogen and oxygen atoms in total. The third kappa shape index (κ3) is 4.53. The Labute approximate surface area is 140 Å². The summed E-state index contributed by atoms with van der Waals surface area (Å²) in [5, 5.41) is 3.31. The van der Waals surface area contributed by atoms with Gasteiger partial charge in [-0.3, -0.25) is 4.79 Å². The fourth-order valence-corrected chi connectivity index (χ4v) is 2.33. The summed E-state index contributed by atoms with van der Waals surface area (Å²) in [5.74, 6) is 1.19. The van der Waals surface area contributed by atoms with Crippen LogP contribution in [0.1, 0.15) is 12.0 Å². The van der Waals surface area contributed by atoms with Crippen LogP contribution in [0.5, 0.6) is 11.5 Å². The van der Waals surface area contributed by atoms with Gasteiger partial charge in [0, 0.05) is 11.4 Å². The molecule has 2 aromatic rings. The van der Waals surface area contributed by atoms with Gasteiger partial charge in [-0.05, 0) is 42.3 Å². The standard InChI is InChI=1S/C17H19ClN2O3/c1-22-15-7-3-11(9-16(15)23-2)4-8-17(21)20-14-6-5-12(18)10-13(14)19/h3,5-7,9-10H,4,8,19H2,1-2H3,(H,20,21). The topological polar surface area (TPSA) is 73.6 Å². The lowest BCUT2D eigenvalue weighted by atomic mass is 10.1. The fraction of sp³-hybridized carbons (Fsp3) is 0.235. The molecule has 1 amide bonds. The molecule has 0 aliphatic heterocycles. The number of halogens is 1. The Morgan fingerprint density at radius 2 is 1.87 bits per heavy atom. The number of methoxy groups -OCH3 is 2. The fourth-order valence-electron chi connectivity index (χ4n) is 2.15. The number of carbonyl (C=O) groups excluding carboxylic acids is 1. The van der Waals surface area contributed by atoms with E-state index in [1.165, 1.54) is 0 Å². The summed E-state index contributed by atoms with van der Waals surface area (Å²) in [5.41, 5.74) is 7.81. The summed E-state index contributed by atoms with van der Waals surface area (Å²) < 4.78 is 10.4. The van der Waals surface area contributed by atoms with Crippen molar-refractivity contribution in [2.75, 3.05) is 25.3 Å². The molecule has 0 unspecified atom stereocenters. The van der Waals surface area contributed by atoms with Crippen LogP contribution in [-0.4, -0.2) is 20.1 Å². The Balaban J connectivity index is 1.96. The molecular weight excluding hydrogens is 316 g/mol. The Bertz CT molecular complexity index is 704. The average molecular weight is 335 g/mol. The van der Waals surface area contributed by atoms with Crippen LogP contribution in [0.15, 0.2) is 36.4 Å². The molecule has 0 aliphatic rings. The highest BCUT2D eigenvalue weighted by Crippen LogP contribution is 2.28. The number of benzene rings is 2. The summed E-state index contributed by atoms with van der Waals surface area (Å²) in [4.78, 5) is 12.0. The number of nitrogen functional groups attached to an aromatic ring is 1. The van der Waals surface area contributed by atoms with Crippen molar-refractivity contribution in [2.45, 2.75) is 12.8 Å². The number of anilines is 2. The molecule has 0 fully saturated rings. The second-order valence-corrected chi connectivity index (χ2v) is 5.41. The smallest absolute Gasteiger partial charge is 0.224 e. The molecule has 2 aromatic carbocycles. The van der Waals surface area contributed by atoms with E-state index >= 15 is 0 Å². The van der Waals surface area contributed by atoms with E-state index in [-0.39, 0.29) is 5.91 Å². The molecule has 23 heavy (non-hydrogen) atoms. The molecule has 0 saturated heterocycles. The van der Waals surface area contributed by atoms with Crippen molar-refractivity contribution in [1.82, 2.24) is 0 Å². The molecule has 122 valence electrons. The van der Waals surface area contributed by atoms with Crippen molar-refractivity contribution in [3.8, 4) is 11.5 Å². The zero-order chi connectivity index (χ0) is 16.8. The highest BCUT2D eigenvalue weighted by atomic mass is 35.5. The van der Waals surface area contributed by atoms with Crippen molar-refractivity contribution >= 4 is 28.9 Å². The Hall–Kier alpha value is -2.40. The molecule has 0 aromatic heterocycles. The minimum Gasteiger partial charge on any atom is -0.493 e. The summed E-state index contributed by atoms with van der Waals surface area (Å²) in [6, 6.07) is 10.6. The van der Waals surface area contributed by atoms with Crippen LogP contribution in [0.4, 0.5) is 11.4 Å². The van der Waals surface area contributed by atoms with E-state index in [1.807, 2.05) is 18.2 Å². The predicted molar refractivity (Wildman–Crippen MR) is 92.4 cm³/mol. The molecule has 3 N–H and O–H groups in total. The lowest BCUT2D eigenvalue weighted by Crippen LogP contribution is -2.13. The first-order valence-electron chi connectivity index (χ1n) is 7.09. The van der Waals surface area contributed by atoms with Crippen LogP contribution in [0.25, 0.3) is 0 Å². The van der Waals surface area contributed by atoms with E-state index in [4.69, 9.17) is 26.8 Å². The second-order valence-electron chi connectivity index (χ2n) is 4.97. The Morgan fingerprint density at radius 3 is 2.52 bits per heavy atom. The predicted octanol–water partition coefficient (Wildman–Crippen LogP) is 3.51. The van der Waals surface area contributed by atoms with E-state index in [0.717, 1.165) is 5.56 Å². The van der Waals surface area contributed by atoms with E-state index in [1.54, 1.807) is 32.4 Å². The van der Waals surface area contributed by atoms with E-state index in [9.17, 15) is 4.79 Å². The highest BCUT2D eigenvalue weighted by Gasteiger charge is 2.08. The van der Waals surface area contributed by atoms with Gasteiger partial charge in [0.15, 0.2) is 11.5 Å². The van der Waals surface area contributed by atoms with Crippen molar-refractivity contribution in [1.29, 1.82) is 0 Å². The summed E-state index contributed by atoms with van der Waals surface area (Å²) in [6.45, 7) is 0. The van der Waals surface area contributed by atoms with E-state index < -0.39 is 0 Å². The Kier molecular flexibility index (Phi) is 5.71. The Morgan fingerprint density at radius 1 is 1.13 bits per heavy atom. The van der Waals surface area contributed by atoms with Crippen LogP contribution in [-0.2, 0) is 11.2 Å². The first-order chi connectivity index (χ1) is 11.0. The largest absolute Gasteiger partial charge is 0.493 e. The first-order valence-corrected chi connectivity index (χ1v) is 7.47. The molecule has 0 radical (unpaired) electrons. The monoisotopic (exact) mass is 334 g/mol. The maximum Gasteiger partial charge on any atom is 0.224 e. The molecule has 0 heterocycles. The van der Waals surface area contributed by atoms with E-state index in [0.29, 0.717) is 40.7 Å². The van der Waals surface area contributed by atoms with Gasteiger partial charge in [-0.15, -0.1) is 0 Å². The molecule has 0 spiro atoms. The van der Waals surface area contributed by atoms with Gasteiger partial charge in [-0.1, -0.05) is 17.7 Å². The summed E-state index contributed by atoms with van der Waals surface area (Å²) >= 11 is 5.83. The number of rotatable bonds is 6. The lowest BCUT2D eigenvalue weighted by molar-refractivity contribution is -0.116. The number of ether oxygens (including phenoxy) is 2. The third-order valence-corrected chi connectivity index (χ3v) is 3.61. The van der Waals surface area contributed by atoms with Gasteiger partial charge in [0.1, 0.15) is 0 Å². The van der Waals surface area contributed by atoms with E-state index in [2.05, 4.69) is 5.32 Å². The second kappa shape index (κ2) is 7.74. The molecule has 0 atom stereocenters. The maximum absolute atomic E-state index is 12.0. The normalized spacial score (nSPS) is 10.2. The number of amides is 1. The molecule has 6 heteroatoms. The maximum atomic E-state index is 12.0. The lowest BCUT2D eigenvalue weighted by Gasteiger charge is -2.10. The molecule has 2 rings (SSSR count). The van der Waals surface area contributed by atoms with Gasteiger partial charge >= 0.3 is 0 Å². The van der Waals surface area contributed by atoms with Crippen molar-refractivity contribution in [3.63, 3.8) is 0 Å². The number of hydrogen-bond donors (Lipinski definition) is 2. The molecule has 0 aliphatic carbocycles. The van der Waals surface area contributed by atoms with Crippen LogP contribution in [0.3, 0.4) is 0 Å². The van der Waals surface area contributed by atoms with Crippen LogP contribution in [0.2, 0.25) is 5.02 Å². The van der Waals surface area contributed by atoms with Crippen molar-refractivity contribution in [3.05, 3.63) is 47.0 Å². The minimum atomic E-state index is -0.117. The van der Waals surface area contributed by atoms with Crippen LogP contribution >= 0.6 is 11.6 Å². The summed E-state index contributed by atoms with van der Waals surface area (Å²) in [7, 11) is 3.17. The SMILES string of the molecule is COc1ccc(CCC(=O)Nc2ccc(Cl)cc2N)cc1OC. The third-order valence-electron chi connectivity index (χ3n) is 3.38. The number of nitrogens with one attached hydrogen (secondary N) is 1. The average Bonchev–Trinajstić information content (AvgIpc) is 2.55. The van der Waals surface area contributed by atoms with Gasteiger partial charge in [0.2, 0.25) is 5.91 Å². The van der Waals surface area contributed by atoms with Gasteiger partial charge in [-0.25, -0.2) is 0 Å². The van der Waals surface area contributed by atoms with Crippen molar-refractivity contribution in [2.24, 2.45) is 0 Å². The first kappa shape index (κ1) is 17.0. The van der Waals surface area contributed by atoms with Crippen molar-refractivity contribution < 1.29 is 14.3 Å². The van der Waals surface area contributed by atoms with Gasteiger partial charge in [-0.2, -0.15) is 0 Å². The zero-order valence-corrected chi connectivity index (χ0v) is 13.8. The summed E-state index contributed by atoms with van der Waals surface area (Å²) in [6.07, 6.45) is 0.914. The molecule has 0 bridgehead atoms. The number of aryl methyl sites for hydroxylation is 1. The highest BCUT2D eigenvalue weighted by molar-refractivity contribution is 6.31. The van der Waals surface area contributed by atoms with Gasteiger partial charge < -0.3 is 20.5 Å². The van der Waals surface area contributed by atoms with Gasteiger partial charge in [0.05, 0.1) is 25.6 Å². The molecular formula is C17H19ClN2O3. The van der Waals surface area contributed by atoms with Crippen LogP contribution < -0.4 is 20.5 Å². The van der Waals surface area contributed by atoms with Crippen LogP contribution in [0, 0.1) is 0 Å². The quantitative estimate of drug-likeness (QED) is 0.793. The molecule has 0 saturated carbocycles. The number of hydrogen-bond acceptors (Lipinski definition) is 4. The number of carbonyl (C=O) groups is 1. The van der Waals surface area contributed by atoms with Gasteiger partial charge in [0.25, 0.3) is 0 Å². The number of nitrogens with two attached hydrogens (primary N) is 1. The minimum absolute atomic E-state index is 0.117.